The normalized spacial score (nSPS) is 16.2. The zero-order valence-electron chi connectivity index (χ0n) is 15.9. The van der Waals surface area contributed by atoms with Crippen molar-refractivity contribution in [2.75, 3.05) is 19.0 Å². The summed E-state index contributed by atoms with van der Waals surface area (Å²) in [6.07, 6.45) is 1.68. The predicted molar refractivity (Wildman–Crippen MR) is 105 cm³/mol. The third kappa shape index (κ3) is 3.55. The Morgan fingerprint density at radius 1 is 1.25 bits per heavy atom. The van der Waals surface area contributed by atoms with Gasteiger partial charge in [0, 0.05) is 17.8 Å². The van der Waals surface area contributed by atoms with Crippen molar-refractivity contribution >= 4 is 11.7 Å². The molecule has 1 saturated heterocycles. The molecule has 144 valence electrons. The summed E-state index contributed by atoms with van der Waals surface area (Å²) in [5.74, 6) is 1.67. The summed E-state index contributed by atoms with van der Waals surface area (Å²) in [7, 11) is 1.62. The molecule has 1 atom stereocenters. The number of para-hydroxylation sites is 1. The second-order valence-corrected chi connectivity index (χ2v) is 6.78. The average molecular weight is 378 g/mol. The molecule has 0 spiro atoms. The topological polar surface area (TPSA) is 80.5 Å². The van der Waals surface area contributed by atoms with Crippen LogP contribution >= 0.6 is 0 Å². The highest BCUT2D eigenvalue weighted by Crippen LogP contribution is 2.33. The quantitative estimate of drug-likeness (QED) is 0.727. The molecular formula is C21H22N4O3. The fourth-order valence-corrected chi connectivity index (χ4v) is 3.42. The van der Waals surface area contributed by atoms with E-state index in [2.05, 4.69) is 15.5 Å². The van der Waals surface area contributed by atoms with E-state index in [4.69, 9.17) is 9.26 Å². The van der Waals surface area contributed by atoms with Crippen molar-refractivity contribution in [3.8, 4) is 17.1 Å². The van der Waals surface area contributed by atoms with Crippen LogP contribution in [0.2, 0.25) is 0 Å². The van der Waals surface area contributed by atoms with Gasteiger partial charge in [-0.05, 0) is 43.5 Å². The number of anilines is 1. The van der Waals surface area contributed by atoms with Gasteiger partial charge in [0.25, 0.3) is 0 Å². The number of nitrogens with zero attached hydrogens (tertiary/aromatic N) is 3. The van der Waals surface area contributed by atoms with Crippen LogP contribution in [0.4, 0.5) is 10.5 Å². The maximum absolute atomic E-state index is 12.8. The number of hydrogen-bond acceptors (Lipinski definition) is 5. The molecule has 0 radical (unpaired) electrons. The van der Waals surface area contributed by atoms with Crippen molar-refractivity contribution in [3.63, 3.8) is 0 Å². The predicted octanol–water partition coefficient (Wildman–Crippen LogP) is 4.42. The van der Waals surface area contributed by atoms with E-state index in [1.807, 2.05) is 55.5 Å². The van der Waals surface area contributed by atoms with E-state index in [1.165, 1.54) is 0 Å². The van der Waals surface area contributed by atoms with E-state index in [1.54, 1.807) is 12.0 Å². The highest BCUT2D eigenvalue weighted by atomic mass is 16.5. The molecular weight excluding hydrogens is 356 g/mol. The Hall–Kier alpha value is -3.35. The molecule has 0 bridgehead atoms. The van der Waals surface area contributed by atoms with Gasteiger partial charge in [-0.3, -0.25) is 0 Å². The summed E-state index contributed by atoms with van der Waals surface area (Å²) in [6.45, 7) is 2.62. The van der Waals surface area contributed by atoms with Crippen LogP contribution in [-0.2, 0) is 0 Å². The third-order valence-corrected chi connectivity index (χ3v) is 4.96. The molecule has 0 aliphatic carbocycles. The number of likely N-dealkylation sites (tertiary alicyclic amines) is 1. The molecule has 3 aromatic rings. The number of ether oxygens (including phenoxy) is 1. The molecule has 4 rings (SSSR count). The first kappa shape index (κ1) is 18.0. The van der Waals surface area contributed by atoms with Crippen LogP contribution in [0.5, 0.6) is 5.75 Å². The number of carbonyl (C=O) groups excluding carboxylic acids is 1. The van der Waals surface area contributed by atoms with Crippen LogP contribution in [-0.4, -0.2) is 34.7 Å². The van der Waals surface area contributed by atoms with Gasteiger partial charge < -0.3 is 19.5 Å². The lowest BCUT2D eigenvalue weighted by Gasteiger charge is -2.22. The van der Waals surface area contributed by atoms with E-state index in [0.717, 1.165) is 35.4 Å². The van der Waals surface area contributed by atoms with E-state index >= 15 is 0 Å². The fraction of sp³-hybridized carbons (Fsp3) is 0.286. The molecule has 1 aliphatic heterocycles. The number of carbonyl (C=O) groups is 1. The number of methoxy groups -OCH3 is 1. The lowest BCUT2D eigenvalue weighted by molar-refractivity contribution is 0.193. The smallest absolute Gasteiger partial charge is 0.322 e. The monoisotopic (exact) mass is 378 g/mol. The van der Waals surface area contributed by atoms with E-state index in [9.17, 15) is 4.79 Å². The first-order valence-electron chi connectivity index (χ1n) is 9.27. The molecule has 2 amide bonds. The SMILES string of the molecule is COc1cccc(-c2noc([C@H]3CCCN3C(=O)Nc3ccccc3C)n2)c1. The van der Waals surface area contributed by atoms with Crippen molar-refractivity contribution < 1.29 is 14.1 Å². The molecule has 7 heteroatoms. The number of benzene rings is 2. The summed E-state index contributed by atoms with van der Waals surface area (Å²) in [4.78, 5) is 19.1. The molecule has 2 heterocycles. The number of amides is 2. The van der Waals surface area contributed by atoms with Gasteiger partial charge in [-0.15, -0.1) is 0 Å². The number of aryl methyl sites for hydroxylation is 1. The molecule has 2 aromatic carbocycles. The number of urea groups is 1. The van der Waals surface area contributed by atoms with Gasteiger partial charge in [0.2, 0.25) is 11.7 Å². The molecule has 7 nitrogen and oxygen atoms in total. The number of rotatable bonds is 4. The second kappa shape index (κ2) is 7.72. The van der Waals surface area contributed by atoms with Crippen molar-refractivity contribution in [1.82, 2.24) is 15.0 Å². The summed E-state index contributed by atoms with van der Waals surface area (Å²) in [6, 6.07) is 14.8. The Labute approximate surface area is 163 Å². The van der Waals surface area contributed by atoms with Crippen molar-refractivity contribution in [3.05, 3.63) is 60.0 Å². The molecule has 0 saturated carbocycles. The summed E-state index contributed by atoms with van der Waals surface area (Å²) in [5, 5.41) is 7.08. The third-order valence-electron chi connectivity index (χ3n) is 4.96. The zero-order valence-corrected chi connectivity index (χ0v) is 15.9. The summed E-state index contributed by atoms with van der Waals surface area (Å²) in [5.41, 5.74) is 2.63. The van der Waals surface area contributed by atoms with E-state index in [0.29, 0.717) is 18.3 Å². The van der Waals surface area contributed by atoms with Gasteiger partial charge in [0.1, 0.15) is 11.8 Å². The Kier molecular flexibility index (Phi) is 4.97. The van der Waals surface area contributed by atoms with Gasteiger partial charge in [-0.1, -0.05) is 35.5 Å². The average Bonchev–Trinajstić information content (AvgIpc) is 3.39. The van der Waals surface area contributed by atoms with Crippen LogP contribution in [0.3, 0.4) is 0 Å². The molecule has 1 aromatic heterocycles. The maximum Gasteiger partial charge on any atom is 0.322 e. The second-order valence-electron chi connectivity index (χ2n) is 6.78. The van der Waals surface area contributed by atoms with Gasteiger partial charge in [0.05, 0.1) is 7.11 Å². The minimum absolute atomic E-state index is 0.155. The highest BCUT2D eigenvalue weighted by Gasteiger charge is 2.34. The van der Waals surface area contributed by atoms with Crippen LogP contribution in [0.1, 0.15) is 30.3 Å². The molecule has 1 fully saturated rings. The largest absolute Gasteiger partial charge is 0.497 e. The molecule has 0 unspecified atom stereocenters. The standard InChI is InChI=1S/C21H22N4O3/c1-14-7-3-4-10-17(14)22-21(26)25-12-6-11-18(25)20-23-19(24-28-20)15-8-5-9-16(13-15)27-2/h3-5,7-10,13,18H,6,11-12H2,1-2H3,(H,22,26)/t18-/m1/s1. The number of hydrogen-bond donors (Lipinski definition) is 1. The number of nitrogens with one attached hydrogen (secondary N) is 1. The minimum atomic E-state index is -0.226. The lowest BCUT2D eigenvalue weighted by atomic mass is 10.2. The van der Waals surface area contributed by atoms with Gasteiger partial charge in [0.15, 0.2) is 0 Å². The van der Waals surface area contributed by atoms with Gasteiger partial charge in [-0.2, -0.15) is 4.98 Å². The maximum atomic E-state index is 12.8. The van der Waals surface area contributed by atoms with Crippen molar-refractivity contribution in [2.45, 2.75) is 25.8 Å². The van der Waals surface area contributed by atoms with Crippen LogP contribution in [0.15, 0.2) is 53.1 Å². The van der Waals surface area contributed by atoms with Crippen molar-refractivity contribution in [1.29, 1.82) is 0 Å². The Bertz CT molecular complexity index is 985. The summed E-state index contributed by atoms with van der Waals surface area (Å²) < 4.78 is 10.8. The number of aromatic nitrogens is 2. The Morgan fingerprint density at radius 2 is 2.11 bits per heavy atom. The first-order valence-corrected chi connectivity index (χ1v) is 9.27. The highest BCUT2D eigenvalue weighted by molar-refractivity contribution is 5.90. The Morgan fingerprint density at radius 3 is 2.93 bits per heavy atom. The van der Waals surface area contributed by atoms with Crippen LogP contribution in [0.25, 0.3) is 11.4 Å². The van der Waals surface area contributed by atoms with E-state index < -0.39 is 0 Å². The lowest BCUT2D eigenvalue weighted by Crippen LogP contribution is -2.34. The van der Waals surface area contributed by atoms with Crippen LogP contribution in [0, 0.1) is 6.92 Å². The molecule has 28 heavy (non-hydrogen) atoms. The zero-order chi connectivity index (χ0) is 19.5. The fourth-order valence-electron chi connectivity index (χ4n) is 3.42. The van der Waals surface area contributed by atoms with Crippen LogP contribution < -0.4 is 10.1 Å². The van der Waals surface area contributed by atoms with Crippen molar-refractivity contribution in [2.24, 2.45) is 0 Å². The van der Waals surface area contributed by atoms with Gasteiger partial charge >= 0.3 is 6.03 Å². The Balaban J connectivity index is 1.53. The molecule has 1 aliphatic rings. The van der Waals surface area contributed by atoms with Gasteiger partial charge in [-0.25, -0.2) is 4.79 Å². The minimum Gasteiger partial charge on any atom is -0.497 e. The summed E-state index contributed by atoms with van der Waals surface area (Å²) >= 11 is 0. The first-order chi connectivity index (χ1) is 13.7. The molecule has 1 N–H and O–H groups in total. The van der Waals surface area contributed by atoms with E-state index in [-0.39, 0.29) is 12.1 Å².